The van der Waals surface area contributed by atoms with Crippen LogP contribution in [0, 0.1) is 0 Å². The van der Waals surface area contributed by atoms with E-state index in [1.807, 2.05) is 6.07 Å². The van der Waals surface area contributed by atoms with Crippen LogP contribution in [-0.2, 0) is 14.8 Å². The Balaban J connectivity index is 2.25. The van der Waals surface area contributed by atoms with Gasteiger partial charge in [0, 0.05) is 23.7 Å². The molecule has 0 radical (unpaired) electrons. The van der Waals surface area contributed by atoms with Crippen LogP contribution in [0.1, 0.15) is 42.8 Å². The molecule has 0 N–H and O–H groups in total. The third kappa shape index (κ3) is 4.44. The first-order chi connectivity index (χ1) is 12.3. The minimum atomic E-state index is -3.64. The Kier molecular flexibility index (Phi) is 6.81. The number of rotatable bonds is 7. The number of esters is 1. The van der Waals surface area contributed by atoms with Crippen molar-refractivity contribution in [1.29, 1.82) is 0 Å². The van der Waals surface area contributed by atoms with Gasteiger partial charge in [-0.2, -0.15) is 4.31 Å². The van der Waals surface area contributed by atoms with Crippen molar-refractivity contribution in [2.75, 3.05) is 13.1 Å². The Morgan fingerprint density at radius 3 is 2.38 bits per heavy atom. The molecule has 0 saturated heterocycles. The summed E-state index contributed by atoms with van der Waals surface area (Å²) >= 11 is 6.12. The predicted molar refractivity (Wildman–Crippen MR) is 102 cm³/mol. The highest BCUT2D eigenvalue weighted by Gasteiger charge is 2.23. The molecule has 0 fully saturated rings. The Morgan fingerprint density at radius 1 is 1.12 bits per heavy atom. The Labute approximate surface area is 159 Å². The summed E-state index contributed by atoms with van der Waals surface area (Å²) in [6.07, 6.45) is -0.556. The van der Waals surface area contributed by atoms with Crippen LogP contribution in [0.15, 0.2) is 53.4 Å². The maximum absolute atomic E-state index is 12.6. The third-order valence-corrected chi connectivity index (χ3v) is 6.43. The minimum Gasteiger partial charge on any atom is -0.454 e. The summed E-state index contributed by atoms with van der Waals surface area (Å²) in [5.41, 5.74) is 0.867. The van der Waals surface area contributed by atoms with Gasteiger partial charge in [0.15, 0.2) is 0 Å². The van der Waals surface area contributed by atoms with E-state index in [2.05, 4.69) is 0 Å². The molecule has 5 nitrogen and oxygen atoms in total. The van der Waals surface area contributed by atoms with Crippen molar-refractivity contribution in [3.05, 3.63) is 64.7 Å². The number of carbonyl (C=O) groups is 1. The Hall–Kier alpha value is -1.89. The molecule has 0 heterocycles. The van der Waals surface area contributed by atoms with Gasteiger partial charge in [0.1, 0.15) is 6.10 Å². The number of carbonyl (C=O) groups excluding carboxylic acids is 1. The van der Waals surface area contributed by atoms with E-state index in [9.17, 15) is 13.2 Å². The fraction of sp³-hybridized carbons (Fsp3) is 0.316. The quantitative estimate of drug-likeness (QED) is 0.656. The molecule has 0 saturated carbocycles. The van der Waals surface area contributed by atoms with E-state index in [-0.39, 0.29) is 10.5 Å². The van der Waals surface area contributed by atoms with Gasteiger partial charge >= 0.3 is 5.97 Å². The summed E-state index contributed by atoms with van der Waals surface area (Å²) in [4.78, 5) is 12.5. The molecule has 2 aromatic carbocycles. The number of sulfonamides is 1. The van der Waals surface area contributed by atoms with Gasteiger partial charge in [-0.1, -0.05) is 49.7 Å². The van der Waals surface area contributed by atoms with E-state index >= 15 is 0 Å². The van der Waals surface area contributed by atoms with Crippen molar-refractivity contribution in [3.8, 4) is 0 Å². The second kappa shape index (κ2) is 8.66. The molecule has 0 amide bonds. The van der Waals surface area contributed by atoms with Crippen molar-refractivity contribution >= 4 is 27.6 Å². The lowest BCUT2D eigenvalue weighted by atomic mass is 10.1. The molecule has 26 heavy (non-hydrogen) atoms. The zero-order valence-corrected chi connectivity index (χ0v) is 16.5. The van der Waals surface area contributed by atoms with Crippen LogP contribution in [0.4, 0.5) is 0 Å². The lowest BCUT2D eigenvalue weighted by Crippen LogP contribution is -2.30. The second-order valence-electron chi connectivity index (χ2n) is 5.69. The van der Waals surface area contributed by atoms with Gasteiger partial charge in [-0.15, -0.1) is 0 Å². The maximum atomic E-state index is 12.6. The number of hydrogen-bond donors (Lipinski definition) is 0. The molecule has 2 rings (SSSR count). The van der Waals surface area contributed by atoms with Crippen LogP contribution >= 0.6 is 11.6 Å². The number of nitrogens with zero attached hydrogens (tertiary/aromatic N) is 1. The summed E-state index contributed by atoms with van der Waals surface area (Å²) in [6, 6.07) is 13.0. The summed E-state index contributed by atoms with van der Waals surface area (Å²) < 4.78 is 32.0. The molecule has 0 aliphatic carbocycles. The van der Waals surface area contributed by atoms with Crippen LogP contribution < -0.4 is 0 Å². The van der Waals surface area contributed by atoms with Crippen LogP contribution in [-0.4, -0.2) is 31.8 Å². The second-order valence-corrected chi connectivity index (χ2v) is 8.03. The Morgan fingerprint density at radius 2 is 1.77 bits per heavy atom. The van der Waals surface area contributed by atoms with Gasteiger partial charge in [-0.3, -0.25) is 0 Å². The van der Waals surface area contributed by atoms with Crippen molar-refractivity contribution in [3.63, 3.8) is 0 Å². The molecular weight excluding hydrogens is 374 g/mol. The van der Waals surface area contributed by atoms with Crippen LogP contribution in [0.25, 0.3) is 0 Å². The monoisotopic (exact) mass is 395 g/mol. The summed E-state index contributed by atoms with van der Waals surface area (Å²) in [7, 11) is -3.64. The summed E-state index contributed by atoms with van der Waals surface area (Å²) in [6.45, 7) is 5.97. The maximum Gasteiger partial charge on any atom is 0.338 e. The zero-order valence-electron chi connectivity index (χ0n) is 15.0. The average molecular weight is 396 g/mol. The first-order valence-corrected chi connectivity index (χ1v) is 10.2. The first kappa shape index (κ1) is 20.4. The number of benzene rings is 2. The minimum absolute atomic E-state index is 0.0704. The molecule has 140 valence electrons. The van der Waals surface area contributed by atoms with Gasteiger partial charge in [-0.25, -0.2) is 13.2 Å². The molecule has 0 aromatic heterocycles. The van der Waals surface area contributed by atoms with E-state index in [0.29, 0.717) is 23.7 Å². The average Bonchev–Trinajstić information content (AvgIpc) is 2.63. The van der Waals surface area contributed by atoms with Gasteiger partial charge < -0.3 is 4.74 Å². The van der Waals surface area contributed by atoms with Crippen molar-refractivity contribution in [1.82, 2.24) is 4.31 Å². The smallest absolute Gasteiger partial charge is 0.338 e. The number of hydrogen-bond acceptors (Lipinski definition) is 4. The standard InChI is InChI=1S/C19H22ClNO4S/c1-4-21(5-2)26(23,24)16-10-8-9-15(13-16)19(22)25-14(3)17-11-6-7-12-18(17)20/h6-14H,4-5H2,1-3H3/t14-/m1/s1. The van der Waals surface area contributed by atoms with Gasteiger partial charge in [-0.05, 0) is 31.2 Å². The van der Waals surface area contributed by atoms with Gasteiger partial charge in [0.25, 0.3) is 0 Å². The van der Waals surface area contributed by atoms with Crippen LogP contribution in [0.5, 0.6) is 0 Å². The zero-order chi connectivity index (χ0) is 19.3. The van der Waals surface area contributed by atoms with Gasteiger partial charge in [0.2, 0.25) is 10.0 Å². The summed E-state index contributed by atoms with van der Waals surface area (Å²) in [5, 5.41) is 0.505. The van der Waals surface area contributed by atoms with E-state index in [0.717, 1.165) is 0 Å². The molecule has 0 bridgehead atoms. The fourth-order valence-corrected chi connectivity index (χ4v) is 4.39. The van der Waals surface area contributed by atoms with Gasteiger partial charge in [0.05, 0.1) is 10.5 Å². The van der Waals surface area contributed by atoms with Crippen LogP contribution in [0.3, 0.4) is 0 Å². The fourth-order valence-electron chi connectivity index (χ4n) is 2.59. The highest BCUT2D eigenvalue weighted by atomic mass is 35.5. The van der Waals surface area contributed by atoms with Crippen molar-refractivity contribution in [2.45, 2.75) is 31.8 Å². The molecule has 0 aliphatic rings. The molecule has 1 atom stereocenters. The topological polar surface area (TPSA) is 63.7 Å². The van der Waals surface area contributed by atoms with Crippen molar-refractivity contribution in [2.24, 2.45) is 0 Å². The molecule has 0 unspecified atom stereocenters. The lowest BCUT2D eigenvalue weighted by Gasteiger charge is -2.19. The number of halogens is 1. The third-order valence-electron chi connectivity index (χ3n) is 4.04. The molecule has 2 aromatic rings. The lowest BCUT2D eigenvalue weighted by molar-refractivity contribution is 0.0338. The first-order valence-electron chi connectivity index (χ1n) is 8.36. The molecule has 0 aliphatic heterocycles. The summed E-state index contributed by atoms with van der Waals surface area (Å²) in [5.74, 6) is -0.603. The normalized spacial score (nSPS) is 12.8. The predicted octanol–water partition coefficient (Wildman–Crippen LogP) is 4.29. The SMILES string of the molecule is CCN(CC)S(=O)(=O)c1cccc(C(=O)O[C@H](C)c2ccccc2Cl)c1. The number of ether oxygens (including phenoxy) is 1. The Bertz CT molecular complexity index is 879. The highest BCUT2D eigenvalue weighted by molar-refractivity contribution is 7.89. The highest BCUT2D eigenvalue weighted by Crippen LogP contribution is 2.26. The molecule has 0 spiro atoms. The van der Waals surface area contributed by atoms with E-state index in [1.54, 1.807) is 39.0 Å². The largest absolute Gasteiger partial charge is 0.454 e. The molecule has 7 heteroatoms. The van der Waals surface area contributed by atoms with Crippen molar-refractivity contribution < 1.29 is 17.9 Å². The van der Waals surface area contributed by atoms with Crippen LogP contribution in [0.2, 0.25) is 5.02 Å². The van der Waals surface area contributed by atoms with E-state index in [1.165, 1.54) is 28.6 Å². The van der Waals surface area contributed by atoms with E-state index in [4.69, 9.17) is 16.3 Å². The molecular formula is C19H22ClNO4S. The van der Waals surface area contributed by atoms with E-state index < -0.39 is 22.1 Å².